The van der Waals surface area contributed by atoms with Gasteiger partial charge in [-0.15, -0.1) is 0 Å². The number of nitrogens with zero attached hydrogens (tertiary/aromatic N) is 3. The molecule has 0 radical (unpaired) electrons. The summed E-state index contributed by atoms with van der Waals surface area (Å²) in [5.74, 6) is 0.164. The van der Waals surface area contributed by atoms with Crippen molar-refractivity contribution in [2.75, 3.05) is 39.5 Å². The second-order valence-electron chi connectivity index (χ2n) is 4.61. The van der Waals surface area contributed by atoms with Gasteiger partial charge in [-0.25, -0.2) is 6.29 Å². The molecule has 1 aromatic rings. The maximum Gasteiger partial charge on any atom is 1.00 e. The van der Waals surface area contributed by atoms with Gasteiger partial charge in [0, 0.05) is 23.6 Å². The fourth-order valence-electron chi connectivity index (χ4n) is 1.71. The van der Waals surface area contributed by atoms with Crippen LogP contribution in [0.1, 0.15) is 10.4 Å². The number of hydrogen-bond donors (Lipinski definition) is 2. The van der Waals surface area contributed by atoms with Crippen LogP contribution >= 0.6 is 0 Å². The molecule has 1 unspecified atom stereocenters. The molecular formula is C15H21N5NaO6-. The number of rotatable bonds is 13. The molecule has 12 heteroatoms. The number of nitrogens with two attached hydrogens (primary N) is 1. The van der Waals surface area contributed by atoms with E-state index < -0.39 is 6.23 Å². The zero-order valence-corrected chi connectivity index (χ0v) is 17.0. The topological polar surface area (TPSA) is 179 Å². The van der Waals surface area contributed by atoms with Gasteiger partial charge in [0.15, 0.2) is 6.23 Å². The van der Waals surface area contributed by atoms with Gasteiger partial charge in [0.05, 0.1) is 13.2 Å². The van der Waals surface area contributed by atoms with Crippen LogP contribution in [0.2, 0.25) is 0 Å². The summed E-state index contributed by atoms with van der Waals surface area (Å²) >= 11 is 0. The molecule has 0 saturated heterocycles. The number of benzene rings is 1. The van der Waals surface area contributed by atoms with E-state index in [1.807, 2.05) is 0 Å². The van der Waals surface area contributed by atoms with E-state index in [4.69, 9.17) is 25.5 Å². The quantitative estimate of drug-likeness (QED) is 0.0922. The number of hydrogen-bond acceptors (Lipinski definition) is 8. The summed E-state index contributed by atoms with van der Waals surface area (Å²) in [4.78, 5) is 24.5. The second-order valence-corrected chi connectivity index (χ2v) is 4.61. The first kappa shape index (κ1) is 27.5. The average molecular weight is 390 g/mol. The van der Waals surface area contributed by atoms with Gasteiger partial charge in [0.25, 0.3) is 5.91 Å². The summed E-state index contributed by atoms with van der Waals surface area (Å²) in [5, 5.41) is 6.12. The molecule has 144 valence electrons. The third-order valence-corrected chi connectivity index (χ3v) is 2.80. The van der Waals surface area contributed by atoms with Crippen LogP contribution in [0.3, 0.4) is 0 Å². The van der Waals surface area contributed by atoms with Gasteiger partial charge in [-0.3, -0.25) is 4.79 Å². The second kappa shape index (κ2) is 17.7. The van der Waals surface area contributed by atoms with Crippen molar-refractivity contribution in [3.8, 4) is 5.75 Å². The smallest absolute Gasteiger partial charge is 0.870 e. The molecule has 0 aromatic heterocycles. The average Bonchev–Trinajstić information content (AvgIpc) is 2.64. The van der Waals surface area contributed by atoms with Crippen LogP contribution in [0.25, 0.3) is 10.4 Å². The summed E-state index contributed by atoms with van der Waals surface area (Å²) in [5.41, 5.74) is 14.3. The molecule has 1 rings (SSSR count). The van der Waals surface area contributed by atoms with Crippen molar-refractivity contribution in [3.63, 3.8) is 0 Å². The molecular weight excluding hydrogens is 369 g/mol. The van der Waals surface area contributed by atoms with E-state index in [1.165, 1.54) is 0 Å². The Hall–Kier alpha value is -1.69. The Morgan fingerprint density at radius 1 is 1.41 bits per heavy atom. The van der Waals surface area contributed by atoms with Gasteiger partial charge in [-0.1, -0.05) is 11.2 Å². The molecule has 1 atom stereocenters. The summed E-state index contributed by atoms with van der Waals surface area (Å²) in [6.45, 7) is 0.810. The van der Waals surface area contributed by atoms with Gasteiger partial charge in [0.2, 0.25) is 0 Å². The maximum absolute atomic E-state index is 11.9. The third-order valence-electron chi connectivity index (χ3n) is 2.80. The van der Waals surface area contributed by atoms with Crippen molar-refractivity contribution in [1.82, 2.24) is 5.32 Å². The van der Waals surface area contributed by atoms with E-state index in [-0.39, 0.29) is 67.4 Å². The Kier molecular flexibility index (Phi) is 18.1. The van der Waals surface area contributed by atoms with Gasteiger partial charge in [0.1, 0.15) is 12.4 Å². The number of nitrogens with one attached hydrogen (secondary N) is 1. The van der Waals surface area contributed by atoms with E-state index in [0.717, 1.165) is 0 Å². The molecule has 0 aliphatic rings. The Labute approximate surface area is 178 Å². The summed E-state index contributed by atoms with van der Waals surface area (Å²) in [6.07, 6.45) is 0.709. The minimum atomic E-state index is -0.872. The van der Waals surface area contributed by atoms with Crippen LogP contribution in [0, 0.1) is 0 Å². The van der Waals surface area contributed by atoms with E-state index in [2.05, 4.69) is 15.3 Å². The normalized spacial score (nSPS) is 10.4. The molecule has 0 heterocycles. The van der Waals surface area contributed by atoms with E-state index >= 15 is 0 Å². The minimum Gasteiger partial charge on any atom is -0.870 e. The van der Waals surface area contributed by atoms with Crippen LogP contribution in [0.5, 0.6) is 5.75 Å². The standard InChI is InChI=1S/C15H20N5O5.Na.H2O/c16-4-5-18-15(22)12-2-1-3-13(10-12)25-11-14(19-20-17)24-9-8-23-7-6-21;;/h1-3,10,14H,4-5,7-9,11,16H2,(H,18,22);;1H2/q-1;+1;/p-1. The minimum absolute atomic E-state index is 0. The summed E-state index contributed by atoms with van der Waals surface area (Å²) < 4.78 is 15.7. The van der Waals surface area contributed by atoms with E-state index in [9.17, 15) is 9.59 Å². The van der Waals surface area contributed by atoms with Crippen LogP contribution in [0.4, 0.5) is 0 Å². The van der Waals surface area contributed by atoms with Crippen molar-refractivity contribution >= 4 is 12.2 Å². The molecule has 0 spiro atoms. The molecule has 0 bridgehead atoms. The number of azide groups is 1. The number of ether oxygens (including phenoxy) is 3. The fraction of sp³-hybridized carbons (Fsp3) is 0.467. The predicted octanol–water partition coefficient (Wildman–Crippen LogP) is -2.64. The first-order valence-electron chi connectivity index (χ1n) is 7.51. The summed E-state index contributed by atoms with van der Waals surface area (Å²) in [6, 6.07) is 6.53. The maximum atomic E-state index is 11.9. The van der Waals surface area contributed by atoms with Gasteiger partial charge >= 0.3 is 29.6 Å². The first-order valence-corrected chi connectivity index (χ1v) is 7.51. The first-order chi connectivity index (χ1) is 12.2. The van der Waals surface area contributed by atoms with Crippen LogP contribution < -0.4 is 45.3 Å². The fourth-order valence-corrected chi connectivity index (χ4v) is 1.71. The number of carbonyl (C=O) groups is 1. The van der Waals surface area contributed by atoms with Crippen LogP contribution in [0.15, 0.2) is 29.4 Å². The molecule has 0 aliphatic heterocycles. The zero-order chi connectivity index (χ0) is 18.3. The van der Waals surface area contributed by atoms with Gasteiger partial charge in [-0.05, 0) is 30.3 Å². The van der Waals surface area contributed by atoms with E-state index in [1.54, 1.807) is 30.6 Å². The Morgan fingerprint density at radius 3 is 2.85 bits per heavy atom. The van der Waals surface area contributed by atoms with Gasteiger partial charge in [-0.2, -0.15) is 0 Å². The predicted molar refractivity (Wildman–Crippen MR) is 90.7 cm³/mol. The molecule has 0 aliphatic carbocycles. The Morgan fingerprint density at radius 2 is 2.19 bits per heavy atom. The van der Waals surface area contributed by atoms with E-state index in [0.29, 0.717) is 24.4 Å². The number of carbonyl (C=O) groups excluding carboxylic acids is 2. The molecule has 0 fully saturated rings. The monoisotopic (exact) mass is 390 g/mol. The molecule has 0 saturated carbocycles. The summed E-state index contributed by atoms with van der Waals surface area (Å²) in [7, 11) is 0. The van der Waals surface area contributed by atoms with Crippen LogP contribution in [-0.2, 0) is 14.3 Å². The molecule has 4 N–H and O–H groups in total. The van der Waals surface area contributed by atoms with Crippen molar-refractivity contribution in [3.05, 3.63) is 40.3 Å². The molecule has 1 amide bonds. The molecule has 27 heavy (non-hydrogen) atoms. The van der Waals surface area contributed by atoms with Crippen LogP contribution in [-0.4, -0.2) is 63.4 Å². The van der Waals surface area contributed by atoms with Gasteiger partial charge < -0.3 is 35.5 Å². The van der Waals surface area contributed by atoms with Crippen molar-refractivity contribution in [2.24, 2.45) is 10.8 Å². The third kappa shape index (κ3) is 12.3. The SMILES string of the molecule is [N-]=[N+]=NC(COc1cccc(C(=O)NCCN)c1)OCCOC[C-]=O.[Na+].[OH-]. The van der Waals surface area contributed by atoms with Crippen molar-refractivity contribution in [1.29, 1.82) is 0 Å². The Balaban J connectivity index is 0. The zero-order valence-electron chi connectivity index (χ0n) is 15.0. The largest absolute Gasteiger partial charge is 1.00 e. The molecule has 1 aromatic carbocycles. The Bertz CT molecular complexity index is 600. The number of amides is 1. The molecule has 11 nitrogen and oxygen atoms in total. The van der Waals surface area contributed by atoms with Crippen molar-refractivity contribution in [2.45, 2.75) is 6.23 Å². The van der Waals surface area contributed by atoms with Crippen molar-refractivity contribution < 1.29 is 58.8 Å².